The van der Waals surface area contributed by atoms with Gasteiger partial charge in [-0.25, -0.2) is 4.79 Å². The summed E-state index contributed by atoms with van der Waals surface area (Å²) in [5, 5.41) is 0.793. The van der Waals surface area contributed by atoms with Gasteiger partial charge in [0.1, 0.15) is 5.58 Å². The number of aryl methyl sites for hydroxylation is 1. The SMILES string of the molecule is CCc1cc(N)c2ccc(=O)oc2c1. The Morgan fingerprint density at radius 1 is 1.36 bits per heavy atom. The van der Waals surface area contributed by atoms with E-state index in [1.165, 1.54) is 6.07 Å². The molecule has 0 bridgehead atoms. The normalized spacial score (nSPS) is 10.6. The van der Waals surface area contributed by atoms with Gasteiger partial charge in [-0.2, -0.15) is 0 Å². The number of hydrogen-bond donors (Lipinski definition) is 1. The average molecular weight is 189 g/mol. The first-order valence-corrected chi connectivity index (χ1v) is 4.53. The molecule has 0 saturated heterocycles. The van der Waals surface area contributed by atoms with Crippen molar-refractivity contribution in [2.45, 2.75) is 13.3 Å². The quantitative estimate of drug-likeness (QED) is 0.551. The van der Waals surface area contributed by atoms with Gasteiger partial charge in [0.25, 0.3) is 0 Å². The van der Waals surface area contributed by atoms with E-state index in [9.17, 15) is 4.79 Å². The first kappa shape index (κ1) is 8.81. The summed E-state index contributed by atoms with van der Waals surface area (Å²) in [6.45, 7) is 2.03. The highest BCUT2D eigenvalue weighted by Crippen LogP contribution is 2.21. The van der Waals surface area contributed by atoms with Crippen molar-refractivity contribution in [3.63, 3.8) is 0 Å². The fourth-order valence-corrected chi connectivity index (χ4v) is 1.47. The highest BCUT2D eigenvalue weighted by atomic mass is 16.4. The van der Waals surface area contributed by atoms with Gasteiger partial charge in [-0.1, -0.05) is 6.92 Å². The predicted octanol–water partition coefficient (Wildman–Crippen LogP) is 1.94. The summed E-state index contributed by atoms with van der Waals surface area (Å²) in [6.07, 6.45) is 0.874. The lowest BCUT2D eigenvalue weighted by atomic mass is 10.1. The molecule has 0 fully saturated rings. The Kier molecular flexibility index (Phi) is 2.00. The third-order valence-electron chi connectivity index (χ3n) is 2.24. The molecule has 0 aliphatic carbocycles. The van der Waals surface area contributed by atoms with E-state index in [-0.39, 0.29) is 5.63 Å². The van der Waals surface area contributed by atoms with Gasteiger partial charge in [-0.05, 0) is 30.2 Å². The molecule has 0 radical (unpaired) electrons. The van der Waals surface area contributed by atoms with Gasteiger partial charge in [0.2, 0.25) is 0 Å². The van der Waals surface area contributed by atoms with E-state index in [0.717, 1.165) is 17.4 Å². The number of anilines is 1. The molecule has 0 aliphatic heterocycles. The first-order valence-electron chi connectivity index (χ1n) is 4.53. The largest absolute Gasteiger partial charge is 0.423 e. The zero-order valence-electron chi connectivity index (χ0n) is 7.91. The van der Waals surface area contributed by atoms with E-state index in [4.69, 9.17) is 10.2 Å². The summed E-state index contributed by atoms with van der Waals surface area (Å²) >= 11 is 0. The van der Waals surface area contributed by atoms with Gasteiger partial charge >= 0.3 is 5.63 Å². The molecule has 3 heteroatoms. The Labute approximate surface area is 81.1 Å². The van der Waals surface area contributed by atoms with Gasteiger partial charge in [-0.15, -0.1) is 0 Å². The lowest BCUT2D eigenvalue weighted by Gasteiger charge is -2.03. The maximum Gasteiger partial charge on any atom is 0.336 e. The molecule has 2 rings (SSSR count). The van der Waals surface area contributed by atoms with Crippen LogP contribution in [0.1, 0.15) is 12.5 Å². The summed E-state index contributed by atoms with van der Waals surface area (Å²) in [7, 11) is 0. The molecule has 0 spiro atoms. The van der Waals surface area contributed by atoms with Crippen molar-refractivity contribution < 1.29 is 4.42 Å². The molecule has 0 saturated carbocycles. The maximum atomic E-state index is 11.0. The standard InChI is InChI=1S/C11H11NO2/c1-2-7-5-9(12)8-3-4-11(13)14-10(8)6-7/h3-6H,2,12H2,1H3. The van der Waals surface area contributed by atoms with Crippen LogP contribution in [0, 0.1) is 0 Å². The number of rotatable bonds is 1. The van der Waals surface area contributed by atoms with E-state index >= 15 is 0 Å². The monoisotopic (exact) mass is 189 g/mol. The molecule has 3 nitrogen and oxygen atoms in total. The van der Waals surface area contributed by atoms with Crippen LogP contribution >= 0.6 is 0 Å². The second-order valence-corrected chi connectivity index (χ2v) is 3.20. The van der Waals surface area contributed by atoms with Crippen LogP contribution < -0.4 is 11.4 Å². The van der Waals surface area contributed by atoms with Crippen molar-refractivity contribution in [3.05, 3.63) is 40.2 Å². The summed E-state index contributed by atoms with van der Waals surface area (Å²) in [5.74, 6) is 0. The third kappa shape index (κ3) is 1.37. The molecular weight excluding hydrogens is 178 g/mol. The van der Waals surface area contributed by atoms with E-state index in [2.05, 4.69) is 0 Å². The molecule has 1 heterocycles. The van der Waals surface area contributed by atoms with Crippen LogP contribution in [-0.2, 0) is 6.42 Å². The van der Waals surface area contributed by atoms with Crippen LogP contribution in [0.15, 0.2) is 33.5 Å². The Morgan fingerprint density at radius 2 is 2.14 bits per heavy atom. The average Bonchev–Trinajstić information content (AvgIpc) is 2.16. The van der Waals surface area contributed by atoms with Crippen molar-refractivity contribution in [3.8, 4) is 0 Å². The highest BCUT2D eigenvalue weighted by Gasteiger charge is 2.02. The summed E-state index contributed by atoms with van der Waals surface area (Å²) in [5.41, 5.74) is 7.77. The molecule has 0 amide bonds. The molecule has 2 N–H and O–H groups in total. The Morgan fingerprint density at radius 3 is 2.86 bits per heavy atom. The van der Waals surface area contributed by atoms with Crippen molar-refractivity contribution >= 4 is 16.7 Å². The Bertz CT molecular complexity index is 528. The maximum absolute atomic E-state index is 11.0. The van der Waals surface area contributed by atoms with E-state index < -0.39 is 0 Å². The van der Waals surface area contributed by atoms with Crippen molar-refractivity contribution in [2.75, 3.05) is 5.73 Å². The van der Waals surface area contributed by atoms with Gasteiger partial charge in [0.05, 0.1) is 0 Å². The topological polar surface area (TPSA) is 56.2 Å². The van der Waals surface area contributed by atoms with Gasteiger partial charge in [0, 0.05) is 17.1 Å². The second kappa shape index (κ2) is 3.18. The second-order valence-electron chi connectivity index (χ2n) is 3.20. The van der Waals surface area contributed by atoms with Crippen LogP contribution in [0.3, 0.4) is 0 Å². The summed E-state index contributed by atoms with van der Waals surface area (Å²) < 4.78 is 5.05. The highest BCUT2D eigenvalue weighted by molar-refractivity contribution is 5.89. The van der Waals surface area contributed by atoms with Gasteiger partial charge in [-0.3, -0.25) is 0 Å². The van der Waals surface area contributed by atoms with E-state index in [1.54, 1.807) is 6.07 Å². The van der Waals surface area contributed by atoms with Crippen LogP contribution in [-0.4, -0.2) is 0 Å². The molecule has 1 aromatic heterocycles. The number of nitrogens with two attached hydrogens (primary N) is 1. The fourth-order valence-electron chi connectivity index (χ4n) is 1.47. The van der Waals surface area contributed by atoms with Crippen LogP contribution in [0.5, 0.6) is 0 Å². The van der Waals surface area contributed by atoms with Crippen LogP contribution in [0.2, 0.25) is 0 Å². The lowest BCUT2D eigenvalue weighted by Crippen LogP contribution is -1.97. The first-order chi connectivity index (χ1) is 6.70. The summed E-state index contributed by atoms with van der Waals surface area (Å²) in [6, 6.07) is 6.83. The Hall–Kier alpha value is -1.77. The zero-order chi connectivity index (χ0) is 10.1. The smallest absolute Gasteiger partial charge is 0.336 e. The van der Waals surface area contributed by atoms with Crippen LogP contribution in [0.4, 0.5) is 5.69 Å². The minimum Gasteiger partial charge on any atom is -0.423 e. The lowest BCUT2D eigenvalue weighted by molar-refractivity contribution is 0.561. The van der Waals surface area contributed by atoms with Gasteiger partial charge < -0.3 is 10.2 Å². The van der Waals surface area contributed by atoms with E-state index in [1.807, 2.05) is 19.1 Å². The molecule has 2 aromatic rings. The van der Waals surface area contributed by atoms with Crippen molar-refractivity contribution in [1.29, 1.82) is 0 Å². The Balaban J connectivity index is 2.83. The number of fused-ring (bicyclic) bond motifs is 1. The molecule has 1 aromatic carbocycles. The van der Waals surface area contributed by atoms with Crippen molar-refractivity contribution in [2.24, 2.45) is 0 Å². The number of nitrogen functional groups attached to an aromatic ring is 1. The molecule has 0 aliphatic rings. The molecule has 0 unspecified atom stereocenters. The fraction of sp³-hybridized carbons (Fsp3) is 0.182. The zero-order valence-corrected chi connectivity index (χ0v) is 7.91. The molecule has 14 heavy (non-hydrogen) atoms. The predicted molar refractivity (Wildman–Crippen MR) is 56.3 cm³/mol. The third-order valence-corrected chi connectivity index (χ3v) is 2.24. The summed E-state index contributed by atoms with van der Waals surface area (Å²) in [4.78, 5) is 11.0. The van der Waals surface area contributed by atoms with Crippen LogP contribution in [0.25, 0.3) is 11.0 Å². The molecule has 72 valence electrons. The number of hydrogen-bond acceptors (Lipinski definition) is 3. The minimum absolute atomic E-state index is 0.342. The number of benzene rings is 1. The van der Waals surface area contributed by atoms with E-state index in [0.29, 0.717) is 11.3 Å². The van der Waals surface area contributed by atoms with Crippen molar-refractivity contribution in [1.82, 2.24) is 0 Å². The minimum atomic E-state index is -0.342. The van der Waals surface area contributed by atoms with Gasteiger partial charge in [0.15, 0.2) is 0 Å². The molecular formula is C11H11NO2. The molecule has 0 atom stereocenters.